The molecule has 1 atom stereocenters. The smallest absolute Gasteiger partial charge is 0.371 e. The first-order chi connectivity index (χ1) is 10.4. The fraction of sp³-hybridized carbons (Fsp3) is 0.250. The zero-order chi connectivity index (χ0) is 16.3. The molecule has 1 aromatic carbocycles. The highest BCUT2D eigenvalue weighted by atomic mass is 16.4. The van der Waals surface area contributed by atoms with Crippen molar-refractivity contribution in [2.24, 2.45) is 0 Å². The average molecular weight is 303 g/mol. The second-order valence-electron chi connectivity index (χ2n) is 5.15. The molecule has 0 aliphatic carbocycles. The van der Waals surface area contributed by atoms with Crippen LogP contribution in [-0.2, 0) is 11.2 Å². The standard InChI is InChI=1S/C16H17NO5/c1-17(2)11-5-3-10(4-6-11)13(15(18)19)9-12-7-8-14(22-12)16(20)21/h3-8,13H,9H2,1-2H3,(H,18,19)(H,20,21). The second kappa shape index (κ2) is 6.34. The maximum absolute atomic E-state index is 11.5. The van der Waals surface area contributed by atoms with Crippen molar-refractivity contribution in [3.63, 3.8) is 0 Å². The molecule has 0 aliphatic rings. The van der Waals surface area contributed by atoms with E-state index in [0.717, 1.165) is 5.69 Å². The van der Waals surface area contributed by atoms with E-state index in [9.17, 15) is 14.7 Å². The highest BCUT2D eigenvalue weighted by Crippen LogP contribution is 2.24. The topological polar surface area (TPSA) is 91.0 Å². The van der Waals surface area contributed by atoms with Crippen LogP contribution >= 0.6 is 0 Å². The van der Waals surface area contributed by atoms with Crippen molar-refractivity contribution in [2.45, 2.75) is 12.3 Å². The van der Waals surface area contributed by atoms with Crippen LogP contribution < -0.4 is 4.90 Å². The van der Waals surface area contributed by atoms with Crippen LogP contribution in [0, 0.1) is 0 Å². The van der Waals surface area contributed by atoms with Crippen molar-refractivity contribution < 1.29 is 24.2 Å². The van der Waals surface area contributed by atoms with E-state index in [-0.39, 0.29) is 12.2 Å². The van der Waals surface area contributed by atoms with Crippen LogP contribution in [0.2, 0.25) is 0 Å². The summed E-state index contributed by atoms with van der Waals surface area (Å²) in [6.07, 6.45) is 0.101. The third-order valence-corrected chi connectivity index (χ3v) is 3.39. The SMILES string of the molecule is CN(C)c1ccc(C(Cc2ccc(C(=O)O)o2)C(=O)O)cc1. The minimum Gasteiger partial charge on any atom is -0.481 e. The minimum atomic E-state index is -1.17. The lowest BCUT2D eigenvalue weighted by atomic mass is 9.94. The zero-order valence-corrected chi connectivity index (χ0v) is 12.3. The van der Waals surface area contributed by atoms with Gasteiger partial charge in [-0.25, -0.2) is 4.79 Å². The van der Waals surface area contributed by atoms with Gasteiger partial charge in [-0.3, -0.25) is 4.79 Å². The molecule has 116 valence electrons. The molecule has 0 amide bonds. The molecule has 6 nitrogen and oxygen atoms in total. The molecule has 0 aliphatic heterocycles. The summed E-state index contributed by atoms with van der Waals surface area (Å²) in [4.78, 5) is 24.2. The number of hydrogen-bond acceptors (Lipinski definition) is 4. The van der Waals surface area contributed by atoms with Gasteiger partial charge in [-0.1, -0.05) is 12.1 Å². The first-order valence-corrected chi connectivity index (χ1v) is 6.70. The molecule has 1 unspecified atom stereocenters. The Labute approximate surface area is 127 Å². The van der Waals surface area contributed by atoms with Gasteiger partial charge in [-0.15, -0.1) is 0 Å². The molecule has 0 bridgehead atoms. The van der Waals surface area contributed by atoms with Crippen molar-refractivity contribution in [1.29, 1.82) is 0 Å². The summed E-state index contributed by atoms with van der Waals surface area (Å²) >= 11 is 0. The number of carbonyl (C=O) groups is 2. The molecule has 1 heterocycles. The Morgan fingerprint density at radius 3 is 2.18 bits per heavy atom. The highest BCUT2D eigenvalue weighted by Gasteiger charge is 2.22. The predicted octanol–water partition coefficient (Wildman–Crippen LogP) is 2.45. The molecule has 2 N–H and O–H groups in total. The first-order valence-electron chi connectivity index (χ1n) is 6.70. The number of aromatic carboxylic acids is 1. The van der Waals surface area contributed by atoms with Crippen LogP contribution in [0.15, 0.2) is 40.8 Å². The maximum atomic E-state index is 11.5. The molecule has 0 fully saturated rings. The third-order valence-electron chi connectivity index (χ3n) is 3.39. The van der Waals surface area contributed by atoms with Gasteiger partial charge < -0.3 is 19.5 Å². The minimum absolute atomic E-state index is 0.101. The fourth-order valence-electron chi connectivity index (χ4n) is 2.16. The lowest BCUT2D eigenvalue weighted by Crippen LogP contribution is -2.15. The number of benzene rings is 1. The van der Waals surface area contributed by atoms with Crippen molar-refractivity contribution in [3.8, 4) is 0 Å². The van der Waals surface area contributed by atoms with Crippen LogP contribution in [0.5, 0.6) is 0 Å². The van der Waals surface area contributed by atoms with Gasteiger partial charge in [-0.05, 0) is 29.8 Å². The molecule has 1 aromatic heterocycles. The van der Waals surface area contributed by atoms with Gasteiger partial charge in [0.15, 0.2) is 0 Å². The summed E-state index contributed by atoms with van der Waals surface area (Å²) in [7, 11) is 3.81. The molecule has 2 rings (SSSR count). The van der Waals surface area contributed by atoms with Gasteiger partial charge in [-0.2, -0.15) is 0 Å². The van der Waals surface area contributed by atoms with E-state index in [4.69, 9.17) is 9.52 Å². The maximum Gasteiger partial charge on any atom is 0.371 e. The molecule has 0 radical (unpaired) electrons. The summed E-state index contributed by atoms with van der Waals surface area (Å²) in [5.41, 5.74) is 1.62. The summed E-state index contributed by atoms with van der Waals surface area (Å²) < 4.78 is 5.14. The van der Waals surface area contributed by atoms with Gasteiger partial charge in [0.25, 0.3) is 0 Å². The largest absolute Gasteiger partial charge is 0.481 e. The average Bonchev–Trinajstić information content (AvgIpc) is 2.93. The summed E-state index contributed by atoms with van der Waals surface area (Å²) in [6.45, 7) is 0. The van der Waals surface area contributed by atoms with E-state index in [0.29, 0.717) is 11.3 Å². The normalized spacial score (nSPS) is 11.9. The van der Waals surface area contributed by atoms with Crippen molar-refractivity contribution in [1.82, 2.24) is 0 Å². The monoisotopic (exact) mass is 303 g/mol. The number of furan rings is 1. The van der Waals surface area contributed by atoms with Gasteiger partial charge in [0, 0.05) is 26.2 Å². The first kappa shape index (κ1) is 15.6. The van der Waals surface area contributed by atoms with Gasteiger partial charge >= 0.3 is 11.9 Å². The Morgan fingerprint density at radius 2 is 1.73 bits per heavy atom. The van der Waals surface area contributed by atoms with Crippen LogP contribution in [0.4, 0.5) is 5.69 Å². The number of carboxylic acids is 2. The van der Waals surface area contributed by atoms with Crippen molar-refractivity contribution in [2.75, 3.05) is 19.0 Å². The van der Waals surface area contributed by atoms with Crippen LogP contribution in [0.3, 0.4) is 0 Å². The summed E-state index contributed by atoms with van der Waals surface area (Å²) in [5, 5.41) is 18.2. The quantitative estimate of drug-likeness (QED) is 0.851. The van der Waals surface area contributed by atoms with Gasteiger partial charge in [0.2, 0.25) is 5.76 Å². The number of anilines is 1. The van der Waals surface area contributed by atoms with Crippen LogP contribution in [-0.4, -0.2) is 36.2 Å². The molecule has 0 saturated carbocycles. The second-order valence-corrected chi connectivity index (χ2v) is 5.15. The molecule has 2 aromatic rings. The Bertz CT molecular complexity index is 672. The lowest BCUT2D eigenvalue weighted by Gasteiger charge is -2.15. The summed E-state index contributed by atoms with van der Waals surface area (Å²) in [6, 6.07) is 10.0. The molecule has 0 spiro atoms. The van der Waals surface area contributed by atoms with E-state index in [1.165, 1.54) is 12.1 Å². The van der Waals surface area contributed by atoms with Crippen molar-refractivity contribution >= 4 is 17.6 Å². The Kier molecular flexibility index (Phi) is 4.50. The highest BCUT2D eigenvalue weighted by molar-refractivity contribution is 5.84. The van der Waals surface area contributed by atoms with E-state index < -0.39 is 17.9 Å². The predicted molar refractivity (Wildman–Crippen MR) is 80.5 cm³/mol. The number of aliphatic carboxylic acids is 1. The Hall–Kier alpha value is -2.76. The fourth-order valence-corrected chi connectivity index (χ4v) is 2.16. The molecular formula is C16H17NO5. The van der Waals surface area contributed by atoms with E-state index >= 15 is 0 Å². The number of nitrogens with zero attached hydrogens (tertiary/aromatic N) is 1. The van der Waals surface area contributed by atoms with E-state index in [2.05, 4.69) is 0 Å². The van der Waals surface area contributed by atoms with Crippen molar-refractivity contribution in [3.05, 3.63) is 53.5 Å². The molecular weight excluding hydrogens is 286 g/mol. The number of hydrogen-bond donors (Lipinski definition) is 2. The van der Waals surface area contributed by atoms with Gasteiger partial charge in [0.1, 0.15) is 5.76 Å². The Balaban J connectivity index is 2.22. The van der Waals surface area contributed by atoms with E-state index in [1.807, 2.05) is 31.1 Å². The summed E-state index contributed by atoms with van der Waals surface area (Å²) in [5.74, 6) is -2.80. The lowest BCUT2D eigenvalue weighted by molar-refractivity contribution is -0.138. The Morgan fingerprint density at radius 1 is 1.09 bits per heavy atom. The molecule has 0 saturated heterocycles. The molecule has 22 heavy (non-hydrogen) atoms. The molecule has 6 heteroatoms. The number of carboxylic acid groups (broad SMARTS) is 2. The van der Waals surface area contributed by atoms with Crippen LogP contribution in [0.25, 0.3) is 0 Å². The van der Waals surface area contributed by atoms with Crippen LogP contribution in [0.1, 0.15) is 27.8 Å². The third kappa shape index (κ3) is 3.46. The zero-order valence-electron chi connectivity index (χ0n) is 12.3. The number of rotatable bonds is 6. The van der Waals surface area contributed by atoms with E-state index in [1.54, 1.807) is 12.1 Å². The van der Waals surface area contributed by atoms with Gasteiger partial charge in [0.05, 0.1) is 5.92 Å².